The minimum absolute atomic E-state index is 0.0519. The SMILES string of the molecule is Cc1ccc(-c2ccc(C)c(-c3cc(C)cc[n+]3C)c2)cc1.[2H]C([2H])([2H])c1c[n+](C)c(-c2cc(-c3ccc(C)cc3)ccc2C)cc1C([2H])([2H])C(C)(C)C.[2H]C([2H])([2H])c1ccccc1-c1cc(-c2cc(-c3c(C([2H])([2H])[2H])cc(C)cc3C([2H])([2H])[2H])c(C([2H])([2H])[2H])c[n+]2C)c(C)cc1C([2H])([2H])[2H].[2H]C([2H])(c1cc[n+](C)c(-c2cc(-c3ccc(C)cc3)ccc2C)c1)C(C)(C)C. The van der Waals surface area contributed by atoms with Crippen LogP contribution in [0.3, 0.4) is 0 Å². The molecule has 0 radical (unpaired) electrons. The molecule has 0 bridgehead atoms. The number of aromatic nitrogens is 4. The van der Waals surface area contributed by atoms with E-state index in [-0.39, 0.29) is 61.2 Å². The first-order valence-electron chi connectivity index (χ1n) is 47.4. The third kappa shape index (κ3) is 19.8. The smallest absolute Gasteiger partial charge is 0.201 e. The minimum atomic E-state index is -2.81. The van der Waals surface area contributed by atoms with Crippen molar-refractivity contribution in [3.8, 4) is 101 Å². The third-order valence-corrected chi connectivity index (χ3v) is 19.1. The van der Waals surface area contributed by atoms with Gasteiger partial charge in [-0.05, 0) is 268 Å². The topological polar surface area (TPSA) is 15.5 Å². The molecule has 0 saturated carbocycles. The van der Waals surface area contributed by atoms with Crippen molar-refractivity contribution in [1.29, 1.82) is 0 Å². The van der Waals surface area contributed by atoms with Crippen LogP contribution in [0.15, 0.2) is 237 Å². The maximum absolute atomic E-state index is 8.83. The van der Waals surface area contributed by atoms with E-state index >= 15 is 0 Å². The summed E-state index contributed by atoms with van der Waals surface area (Å²) in [6, 6.07) is 68.2. The van der Waals surface area contributed by atoms with Gasteiger partial charge in [0.25, 0.3) is 0 Å². The molecule has 0 N–H and O–H groups in total. The molecular weight excluding hydrogens is 1290 g/mol. The molecule has 107 heavy (non-hydrogen) atoms. The molecule has 0 amide bonds. The van der Waals surface area contributed by atoms with E-state index in [0.717, 1.165) is 39.2 Å². The summed E-state index contributed by atoms with van der Waals surface area (Å²) in [5.41, 5.74) is 22.2. The lowest BCUT2D eigenvalue weighted by molar-refractivity contribution is -0.660. The van der Waals surface area contributed by atoms with Crippen molar-refractivity contribution in [2.45, 2.75) is 158 Å². The molecule has 0 atom stereocenters. The van der Waals surface area contributed by atoms with Crippen molar-refractivity contribution < 1.29 is 48.4 Å². The maximum Gasteiger partial charge on any atom is 0.213 e. The fraction of sp³-hybridized carbons (Fsp3) is 0.282. The van der Waals surface area contributed by atoms with Crippen LogP contribution in [0, 0.1) is 114 Å². The van der Waals surface area contributed by atoms with Crippen molar-refractivity contribution in [2.75, 3.05) is 0 Å². The second kappa shape index (κ2) is 33.6. The average molecular weight is 1430 g/mol. The van der Waals surface area contributed by atoms with Crippen molar-refractivity contribution >= 4 is 0 Å². The zero-order valence-electron chi connectivity index (χ0n) is 87.8. The van der Waals surface area contributed by atoms with Crippen LogP contribution in [0.25, 0.3) is 101 Å². The van der Waals surface area contributed by atoms with Gasteiger partial charge in [0.05, 0.1) is 0 Å². The van der Waals surface area contributed by atoms with Gasteiger partial charge in [-0.3, -0.25) is 0 Å². The van der Waals surface area contributed by atoms with Gasteiger partial charge in [-0.15, -0.1) is 0 Å². The van der Waals surface area contributed by atoms with Crippen LogP contribution in [-0.2, 0) is 40.9 Å². The monoisotopic (exact) mass is 1430 g/mol. The van der Waals surface area contributed by atoms with Crippen molar-refractivity contribution in [3.05, 3.63) is 332 Å². The Morgan fingerprint density at radius 2 is 0.682 bits per heavy atom. The van der Waals surface area contributed by atoms with Gasteiger partial charge in [-0.25, -0.2) is 18.3 Å². The molecular formula is C103H118N4+4. The summed E-state index contributed by atoms with van der Waals surface area (Å²) in [4.78, 5) is 0. The highest BCUT2D eigenvalue weighted by Crippen LogP contribution is 2.39. The van der Waals surface area contributed by atoms with Crippen LogP contribution in [0.4, 0.5) is 0 Å². The number of rotatable bonds is 11. The van der Waals surface area contributed by atoms with Crippen molar-refractivity contribution in [2.24, 2.45) is 39.0 Å². The molecule has 0 spiro atoms. The second-order valence-electron chi connectivity index (χ2n) is 30.7. The Kier molecular flexibility index (Phi) is 17.0. The zero-order chi connectivity index (χ0) is 96.1. The molecule has 0 aliphatic carbocycles. The Hall–Kier alpha value is -10.4. The third-order valence-electron chi connectivity index (χ3n) is 19.1. The van der Waals surface area contributed by atoms with E-state index in [1.54, 1.807) is 70.6 Å². The number of hydrogen-bond donors (Lipinski definition) is 0. The molecule has 4 aromatic heterocycles. The second-order valence-corrected chi connectivity index (χ2v) is 30.7. The largest absolute Gasteiger partial charge is 0.213 e. The fourth-order valence-corrected chi connectivity index (χ4v) is 13.3. The Morgan fingerprint density at radius 3 is 1.15 bits per heavy atom. The lowest BCUT2D eigenvalue weighted by Crippen LogP contribution is -2.32. The van der Waals surface area contributed by atoms with Gasteiger partial charge in [0.1, 0.15) is 28.2 Å². The van der Waals surface area contributed by atoms with E-state index in [1.165, 1.54) is 120 Å². The molecule has 9 aromatic carbocycles. The highest BCUT2D eigenvalue weighted by Gasteiger charge is 2.25. The summed E-state index contributed by atoms with van der Waals surface area (Å²) < 4.78 is 190. The fourth-order valence-electron chi connectivity index (χ4n) is 13.3. The normalized spacial score (nSPS) is 15.3. The Bertz CT molecular complexity index is 6250. The van der Waals surface area contributed by atoms with Gasteiger partial charge < -0.3 is 0 Å². The Morgan fingerprint density at radius 1 is 0.271 bits per heavy atom. The van der Waals surface area contributed by atoms with Crippen LogP contribution < -0.4 is 18.3 Å². The highest BCUT2D eigenvalue weighted by molar-refractivity contribution is 5.82. The lowest BCUT2D eigenvalue weighted by Gasteiger charge is -2.19. The van der Waals surface area contributed by atoms with E-state index in [1.807, 2.05) is 60.1 Å². The van der Waals surface area contributed by atoms with Gasteiger partial charge in [0.2, 0.25) is 22.8 Å². The first kappa shape index (κ1) is 54.2. The quantitative estimate of drug-likeness (QED) is 0.115. The Labute approximate surface area is 674 Å². The first-order chi connectivity index (χ1) is 59.4. The van der Waals surface area contributed by atoms with Crippen LogP contribution in [0.1, 0.15) is 166 Å². The molecule has 546 valence electrons. The molecule has 13 aromatic rings. The van der Waals surface area contributed by atoms with E-state index < -0.39 is 64.7 Å². The molecule has 4 heterocycles. The van der Waals surface area contributed by atoms with Gasteiger partial charge in [0.15, 0.2) is 24.8 Å². The molecule has 0 aliphatic rings. The molecule has 0 unspecified atom stereocenters. The summed E-state index contributed by atoms with van der Waals surface area (Å²) in [6.07, 6.45) is 3.70. The summed E-state index contributed by atoms with van der Waals surface area (Å²) in [5, 5.41) is 0. The van der Waals surface area contributed by atoms with Gasteiger partial charge in [0, 0.05) is 99.9 Å². The number of benzene rings is 9. The van der Waals surface area contributed by atoms with Gasteiger partial charge >= 0.3 is 0 Å². The Balaban J connectivity index is 0.000000186. The summed E-state index contributed by atoms with van der Waals surface area (Å²) in [7, 11) is 7.50. The number of nitrogens with zero attached hydrogens (tertiary/aromatic N) is 4. The van der Waals surface area contributed by atoms with Gasteiger partial charge in [-0.1, -0.05) is 215 Å². The maximum atomic E-state index is 8.83. The summed E-state index contributed by atoms with van der Waals surface area (Å²) >= 11 is 0. The zero-order valence-corrected chi connectivity index (χ0v) is 65.8. The predicted octanol–water partition coefficient (Wildman–Crippen LogP) is 24.9. The van der Waals surface area contributed by atoms with E-state index in [9.17, 15) is 0 Å². The van der Waals surface area contributed by atoms with E-state index in [2.05, 4.69) is 203 Å². The first-order valence-corrected chi connectivity index (χ1v) is 36.4. The average Bonchev–Trinajstić information content (AvgIpc) is 0.755. The van der Waals surface area contributed by atoms with Crippen molar-refractivity contribution in [1.82, 2.24) is 0 Å². The van der Waals surface area contributed by atoms with Crippen LogP contribution >= 0.6 is 0 Å². The minimum Gasteiger partial charge on any atom is -0.201 e. The molecule has 4 nitrogen and oxygen atoms in total. The molecule has 0 aliphatic heterocycles. The number of aryl methyl sites for hydroxylation is 19. The highest BCUT2D eigenvalue weighted by atomic mass is 14.9. The summed E-state index contributed by atoms with van der Waals surface area (Å²) in [5.74, 6) is 0. The standard InChI is InChI=1S/C31H34N.C26H32N.C25H30N.C21H22N/c1-19-13-23(5)31(24(6)14-19)29-17-30(32(8)18-25(29)7)28-16-27(21(3)15-22(28)4)26-12-10-9-11-20(26)2;1-18-8-11-21(12-9-18)22-13-10-19(2)24(14-22)25-15-23(16-26(4,5)6)20(3)17-27(25)7;1-18-7-10-21(11-8-18)22-12-9-19(2)23(16-22)24-15-20(13-14-26(24)6)17-25(3,4)5;1-15-5-8-18(9-6-15)19-10-7-17(3)20(14-19)21-13-16(2)11-12-22(21)4/h9-18H,1-8H3;8-15,17H,16H2,1-7H3;7-16H,17H2,1-6H3;5-14H,1-4H3/q4*+1/i2D3,3D3,5D3,6D3,7D3;3D3,16D2;17D2;. The van der Waals surface area contributed by atoms with Crippen LogP contribution in [0.5, 0.6) is 0 Å². The van der Waals surface area contributed by atoms with Crippen molar-refractivity contribution in [3.63, 3.8) is 0 Å². The summed E-state index contributed by atoms with van der Waals surface area (Å²) in [6.45, 7) is 13.1. The number of pyridine rings is 4. The van der Waals surface area contributed by atoms with E-state index in [4.69, 9.17) is 30.2 Å². The van der Waals surface area contributed by atoms with E-state index in [0.29, 0.717) is 27.9 Å². The lowest BCUT2D eigenvalue weighted by atomic mass is 9.86. The van der Waals surface area contributed by atoms with Crippen LogP contribution in [0.2, 0.25) is 0 Å². The molecule has 0 fully saturated rings. The molecule has 0 saturated heterocycles. The number of hydrogen-bond acceptors (Lipinski definition) is 0. The molecule has 13 rings (SSSR count). The van der Waals surface area contributed by atoms with Crippen LogP contribution in [-0.4, -0.2) is 0 Å². The van der Waals surface area contributed by atoms with Gasteiger partial charge in [-0.2, -0.15) is 0 Å². The molecule has 4 heteroatoms. The predicted molar refractivity (Wildman–Crippen MR) is 457 cm³/mol.